The smallest absolute Gasteiger partial charge is 0.332 e. The van der Waals surface area contributed by atoms with Gasteiger partial charge in [0.05, 0.1) is 6.33 Å². The average molecular weight is 440 g/mol. The molecule has 0 amide bonds. The maximum Gasteiger partial charge on any atom is 0.332 e. The van der Waals surface area contributed by atoms with E-state index >= 15 is 0 Å². The van der Waals surface area contributed by atoms with Crippen LogP contribution in [0.2, 0.25) is 0 Å². The molecule has 0 radical (unpaired) electrons. The van der Waals surface area contributed by atoms with Crippen molar-refractivity contribution in [2.24, 2.45) is 14.1 Å². The van der Waals surface area contributed by atoms with Crippen LogP contribution in [0.4, 0.5) is 5.13 Å². The van der Waals surface area contributed by atoms with Gasteiger partial charge in [-0.15, -0.1) is 10.2 Å². The van der Waals surface area contributed by atoms with E-state index in [4.69, 9.17) is 4.74 Å². The van der Waals surface area contributed by atoms with Crippen molar-refractivity contribution in [2.75, 3.05) is 30.8 Å². The van der Waals surface area contributed by atoms with Gasteiger partial charge in [-0.2, -0.15) is 0 Å². The summed E-state index contributed by atoms with van der Waals surface area (Å²) >= 11 is 3.07. The predicted molar refractivity (Wildman–Crippen MR) is 115 cm³/mol. The van der Waals surface area contributed by atoms with Crippen LogP contribution in [0, 0.1) is 0 Å². The number of hydrogen-bond donors (Lipinski definition) is 1. The Morgan fingerprint density at radius 3 is 2.86 bits per heavy atom. The third-order valence-corrected chi connectivity index (χ3v) is 6.41. The van der Waals surface area contributed by atoms with Crippen molar-refractivity contribution in [3.63, 3.8) is 0 Å². The van der Waals surface area contributed by atoms with Crippen LogP contribution in [0.5, 0.6) is 0 Å². The Bertz CT molecular complexity index is 1070. The van der Waals surface area contributed by atoms with Gasteiger partial charge in [-0.3, -0.25) is 13.9 Å². The quantitative estimate of drug-likeness (QED) is 0.352. The van der Waals surface area contributed by atoms with Gasteiger partial charge in [0, 0.05) is 46.2 Å². The van der Waals surface area contributed by atoms with Gasteiger partial charge in [-0.25, -0.2) is 9.78 Å². The van der Waals surface area contributed by atoms with Crippen molar-refractivity contribution in [3.05, 3.63) is 27.2 Å². The Balaban J connectivity index is 1.52. The Morgan fingerprint density at radius 2 is 2.07 bits per heavy atom. The molecule has 1 N–H and O–H groups in total. The highest BCUT2D eigenvalue weighted by atomic mass is 32.2. The lowest BCUT2D eigenvalue weighted by molar-refractivity contribution is 0.147. The van der Waals surface area contributed by atoms with Crippen molar-refractivity contribution >= 4 is 39.4 Å². The largest absolute Gasteiger partial charge is 0.382 e. The highest BCUT2D eigenvalue weighted by Crippen LogP contribution is 2.25. The summed E-state index contributed by atoms with van der Waals surface area (Å²) in [6.45, 7) is 4.58. The Labute approximate surface area is 175 Å². The average Bonchev–Trinajstić information content (AvgIpc) is 3.32. The molecule has 0 aliphatic rings. The maximum absolute atomic E-state index is 12.7. The molecule has 0 unspecified atom stereocenters. The topological polar surface area (TPSA) is 109 Å². The fourth-order valence-electron chi connectivity index (χ4n) is 2.83. The molecule has 0 saturated carbocycles. The monoisotopic (exact) mass is 439 g/mol. The highest BCUT2D eigenvalue weighted by molar-refractivity contribution is 8.01. The number of imidazole rings is 1. The first-order chi connectivity index (χ1) is 14.0. The number of thioether (sulfide) groups is 1. The van der Waals surface area contributed by atoms with Crippen molar-refractivity contribution in [2.45, 2.75) is 30.6 Å². The van der Waals surface area contributed by atoms with Crippen LogP contribution >= 0.6 is 23.1 Å². The van der Waals surface area contributed by atoms with Crippen molar-refractivity contribution in [1.29, 1.82) is 0 Å². The summed E-state index contributed by atoms with van der Waals surface area (Å²) in [5, 5.41) is 12.3. The number of aryl methyl sites for hydroxylation is 2. The molecule has 29 heavy (non-hydrogen) atoms. The molecule has 0 aliphatic heterocycles. The molecular formula is C17H25N7O3S2. The number of anilines is 1. The van der Waals surface area contributed by atoms with E-state index in [2.05, 4.69) is 20.5 Å². The van der Waals surface area contributed by atoms with E-state index in [0.717, 1.165) is 41.4 Å². The van der Waals surface area contributed by atoms with Crippen LogP contribution in [-0.2, 0) is 25.4 Å². The molecule has 0 atom stereocenters. The molecule has 0 spiro atoms. The van der Waals surface area contributed by atoms with E-state index < -0.39 is 0 Å². The van der Waals surface area contributed by atoms with E-state index in [1.165, 1.54) is 20.5 Å². The molecule has 0 aliphatic carbocycles. The van der Waals surface area contributed by atoms with Crippen molar-refractivity contribution in [1.82, 2.24) is 28.9 Å². The SMILES string of the molecule is CCOCCCNc1nnc(SCCCn2c(=O)c3c(ncn3C)n(C)c2=O)s1. The molecule has 0 aromatic carbocycles. The summed E-state index contributed by atoms with van der Waals surface area (Å²) in [6.07, 6.45) is 3.13. The van der Waals surface area contributed by atoms with Crippen molar-refractivity contribution < 1.29 is 4.74 Å². The summed E-state index contributed by atoms with van der Waals surface area (Å²) in [7, 11) is 3.38. The third-order valence-electron chi connectivity index (χ3n) is 4.30. The lowest BCUT2D eigenvalue weighted by atomic mass is 10.4. The van der Waals surface area contributed by atoms with Crippen LogP contribution < -0.4 is 16.6 Å². The molecular weight excluding hydrogens is 414 g/mol. The van der Waals surface area contributed by atoms with Gasteiger partial charge < -0.3 is 14.6 Å². The first kappa shape index (κ1) is 21.5. The molecule has 3 heterocycles. The maximum atomic E-state index is 12.7. The Kier molecular flexibility index (Phi) is 7.45. The standard InChI is InChI=1S/C17H25N7O3S2/c1-4-27-9-5-7-18-15-20-21-16(29-15)28-10-6-8-24-14(25)12-13(19-11-22(12)2)23(3)17(24)26/h11H,4-10H2,1-3H3,(H,18,20). The molecule has 0 saturated heterocycles. The van der Waals surface area contributed by atoms with Crippen LogP contribution in [-0.4, -0.2) is 54.4 Å². The van der Waals surface area contributed by atoms with Gasteiger partial charge in [-0.05, 0) is 19.8 Å². The number of rotatable bonds is 11. The van der Waals surface area contributed by atoms with Gasteiger partial charge in [0.2, 0.25) is 5.13 Å². The van der Waals surface area contributed by atoms with Crippen LogP contribution in [0.15, 0.2) is 20.3 Å². The van der Waals surface area contributed by atoms with E-state index in [9.17, 15) is 9.59 Å². The molecule has 3 aromatic rings. The molecule has 0 bridgehead atoms. The van der Waals surface area contributed by atoms with Gasteiger partial charge in [0.1, 0.15) is 0 Å². The van der Waals surface area contributed by atoms with Gasteiger partial charge in [0.25, 0.3) is 5.56 Å². The molecule has 0 fully saturated rings. The normalized spacial score (nSPS) is 11.4. The number of fused-ring (bicyclic) bond motifs is 1. The highest BCUT2D eigenvalue weighted by Gasteiger charge is 2.14. The van der Waals surface area contributed by atoms with Crippen molar-refractivity contribution in [3.8, 4) is 0 Å². The predicted octanol–water partition coefficient (Wildman–Crippen LogP) is 1.31. The fourth-order valence-corrected chi connectivity index (χ4v) is 4.60. The van der Waals surface area contributed by atoms with E-state index in [-0.39, 0.29) is 11.2 Å². The number of nitrogens with one attached hydrogen (secondary N) is 1. The molecule has 12 heteroatoms. The fraction of sp³-hybridized carbons (Fsp3) is 0.588. The molecule has 158 valence electrons. The number of nitrogens with zero attached hydrogens (tertiary/aromatic N) is 6. The summed E-state index contributed by atoms with van der Waals surface area (Å²) in [4.78, 5) is 29.3. The second kappa shape index (κ2) is 10.0. The molecule has 10 nitrogen and oxygen atoms in total. The van der Waals surface area contributed by atoms with Gasteiger partial charge >= 0.3 is 5.69 Å². The first-order valence-electron chi connectivity index (χ1n) is 9.41. The molecule has 3 aromatic heterocycles. The van der Waals surface area contributed by atoms with Gasteiger partial charge in [0.15, 0.2) is 15.5 Å². The van der Waals surface area contributed by atoms with E-state index in [1.54, 1.807) is 36.8 Å². The van der Waals surface area contributed by atoms with Crippen LogP contribution in [0.3, 0.4) is 0 Å². The number of hydrogen-bond acceptors (Lipinski definition) is 9. The second-order valence-corrected chi connectivity index (χ2v) is 8.70. The second-order valence-electron chi connectivity index (χ2n) is 6.38. The minimum atomic E-state index is -0.347. The van der Waals surface area contributed by atoms with Crippen LogP contribution in [0.1, 0.15) is 19.8 Å². The van der Waals surface area contributed by atoms with Gasteiger partial charge in [-0.1, -0.05) is 23.1 Å². The first-order valence-corrected chi connectivity index (χ1v) is 11.2. The zero-order valence-electron chi connectivity index (χ0n) is 16.8. The van der Waals surface area contributed by atoms with E-state index in [0.29, 0.717) is 24.1 Å². The Morgan fingerprint density at radius 1 is 1.24 bits per heavy atom. The number of aromatic nitrogens is 6. The summed E-state index contributed by atoms with van der Waals surface area (Å²) in [6, 6.07) is 0. The Hall–Kier alpha value is -2.18. The minimum Gasteiger partial charge on any atom is -0.382 e. The lowest BCUT2D eigenvalue weighted by Gasteiger charge is -2.08. The third kappa shape index (κ3) is 5.06. The zero-order chi connectivity index (χ0) is 20.8. The summed E-state index contributed by atoms with van der Waals surface area (Å²) in [5.74, 6) is 0.734. The molecule has 3 rings (SSSR count). The summed E-state index contributed by atoms with van der Waals surface area (Å²) in [5.41, 5.74) is 0.190. The number of ether oxygens (including phenoxy) is 1. The summed E-state index contributed by atoms with van der Waals surface area (Å²) < 4.78 is 10.5. The zero-order valence-corrected chi connectivity index (χ0v) is 18.4. The minimum absolute atomic E-state index is 0.303. The lowest BCUT2D eigenvalue weighted by Crippen LogP contribution is -2.39. The van der Waals surface area contributed by atoms with E-state index in [1.807, 2.05) is 6.92 Å². The van der Waals surface area contributed by atoms with Crippen LogP contribution in [0.25, 0.3) is 11.2 Å².